The quantitative estimate of drug-likeness (QED) is 0.677. The lowest BCUT2D eigenvalue weighted by Gasteiger charge is -2.02. The van der Waals surface area contributed by atoms with E-state index in [4.69, 9.17) is 0 Å². The topological polar surface area (TPSA) is 71.9 Å². The van der Waals surface area contributed by atoms with Gasteiger partial charge in [-0.2, -0.15) is 0 Å². The first-order valence-electron chi connectivity index (χ1n) is 4.46. The van der Waals surface area contributed by atoms with Crippen LogP contribution in [0.2, 0.25) is 0 Å². The Balaban J connectivity index is 2.69. The summed E-state index contributed by atoms with van der Waals surface area (Å²) in [7, 11) is 0. The molecule has 0 saturated heterocycles. The first-order chi connectivity index (χ1) is 6.61. The summed E-state index contributed by atoms with van der Waals surface area (Å²) in [6, 6.07) is -0.00875. The van der Waals surface area contributed by atoms with E-state index in [-0.39, 0.29) is 17.4 Å². The third-order valence-corrected chi connectivity index (χ3v) is 2.30. The normalized spacial score (nSPS) is 15.5. The van der Waals surface area contributed by atoms with Gasteiger partial charge in [-0.1, -0.05) is 0 Å². The van der Waals surface area contributed by atoms with Gasteiger partial charge in [-0.25, -0.2) is 4.79 Å². The lowest BCUT2D eigenvalue weighted by Crippen LogP contribution is -2.37. The van der Waals surface area contributed by atoms with E-state index in [0.29, 0.717) is 0 Å². The van der Waals surface area contributed by atoms with E-state index in [9.17, 15) is 14.4 Å². The summed E-state index contributed by atoms with van der Waals surface area (Å²) in [6.45, 7) is 1.31. The van der Waals surface area contributed by atoms with Crippen LogP contribution in [0.4, 0.5) is 0 Å². The lowest BCUT2D eigenvalue weighted by molar-refractivity contribution is 0.101. The van der Waals surface area contributed by atoms with Crippen LogP contribution in [0.3, 0.4) is 0 Å². The Bertz CT molecular complexity index is 494. The zero-order valence-electron chi connectivity index (χ0n) is 7.74. The molecule has 1 aromatic rings. The molecule has 74 valence electrons. The Morgan fingerprint density at radius 3 is 2.64 bits per heavy atom. The first kappa shape index (κ1) is 8.93. The Morgan fingerprint density at radius 1 is 1.50 bits per heavy atom. The average molecular weight is 194 g/mol. The van der Waals surface area contributed by atoms with Crippen LogP contribution >= 0.6 is 0 Å². The van der Waals surface area contributed by atoms with Crippen LogP contribution in [0.1, 0.15) is 36.2 Å². The summed E-state index contributed by atoms with van der Waals surface area (Å²) in [4.78, 5) is 36.4. The summed E-state index contributed by atoms with van der Waals surface area (Å²) in [6.07, 6.45) is 2.86. The van der Waals surface area contributed by atoms with Crippen molar-refractivity contribution in [2.75, 3.05) is 0 Å². The van der Waals surface area contributed by atoms with Crippen molar-refractivity contribution in [3.63, 3.8) is 0 Å². The van der Waals surface area contributed by atoms with E-state index in [0.717, 1.165) is 17.4 Å². The fraction of sp³-hybridized carbons (Fsp3) is 0.444. The molecule has 1 aliphatic rings. The van der Waals surface area contributed by atoms with Gasteiger partial charge in [0.25, 0.3) is 5.56 Å². The second-order valence-corrected chi connectivity index (χ2v) is 3.47. The molecule has 5 nitrogen and oxygen atoms in total. The van der Waals surface area contributed by atoms with E-state index in [1.165, 1.54) is 13.1 Å². The molecule has 5 heteroatoms. The van der Waals surface area contributed by atoms with Crippen LogP contribution in [-0.4, -0.2) is 15.3 Å². The van der Waals surface area contributed by atoms with Gasteiger partial charge in [0.15, 0.2) is 5.78 Å². The number of Topliss-reactive ketones (excluding diaryl/α,β-unsaturated/α-hetero) is 1. The molecule has 0 spiro atoms. The second-order valence-electron chi connectivity index (χ2n) is 3.47. The molecule has 1 N–H and O–H groups in total. The molecule has 1 heterocycles. The maximum absolute atomic E-state index is 11.6. The number of H-pyrrole nitrogens is 1. The van der Waals surface area contributed by atoms with Crippen LogP contribution in [0.15, 0.2) is 15.8 Å². The average Bonchev–Trinajstić information content (AvgIpc) is 2.87. The van der Waals surface area contributed by atoms with Crippen LogP contribution < -0.4 is 11.2 Å². The molecule has 0 unspecified atom stereocenters. The fourth-order valence-corrected chi connectivity index (χ4v) is 1.40. The largest absolute Gasteiger partial charge is 0.328 e. The van der Waals surface area contributed by atoms with Gasteiger partial charge in [0.2, 0.25) is 0 Å². The van der Waals surface area contributed by atoms with Crippen molar-refractivity contribution in [3.8, 4) is 0 Å². The number of rotatable bonds is 2. The van der Waals surface area contributed by atoms with Gasteiger partial charge in [-0.15, -0.1) is 0 Å². The Kier molecular flexibility index (Phi) is 1.87. The Morgan fingerprint density at radius 2 is 2.14 bits per heavy atom. The van der Waals surface area contributed by atoms with Crippen molar-refractivity contribution in [1.29, 1.82) is 0 Å². The number of carbonyl (C=O) groups is 1. The van der Waals surface area contributed by atoms with E-state index >= 15 is 0 Å². The molecule has 0 bridgehead atoms. The highest BCUT2D eigenvalue weighted by Crippen LogP contribution is 2.31. The summed E-state index contributed by atoms with van der Waals surface area (Å²) in [5.74, 6) is -0.319. The van der Waals surface area contributed by atoms with Crippen molar-refractivity contribution in [1.82, 2.24) is 9.55 Å². The molecule has 2 rings (SSSR count). The highest BCUT2D eigenvalue weighted by atomic mass is 16.2. The molecule has 0 amide bonds. The predicted octanol–water partition coefficient (Wildman–Crippen LogP) is 0.0741. The minimum absolute atomic E-state index is 0.00875. The van der Waals surface area contributed by atoms with E-state index < -0.39 is 11.2 Å². The van der Waals surface area contributed by atoms with Gasteiger partial charge in [0.1, 0.15) is 0 Å². The minimum Gasteiger partial charge on any atom is -0.313 e. The predicted molar refractivity (Wildman–Crippen MR) is 49.6 cm³/mol. The number of nitrogens with one attached hydrogen (secondary N) is 1. The smallest absolute Gasteiger partial charge is 0.313 e. The molecule has 0 atom stereocenters. The molecule has 0 aliphatic heterocycles. The summed E-state index contributed by atoms with van der Waals surface area (Å²) >= 11 is 0. The van der Waals surface area contributed by atoms with Gasteiger partial charge < -0.3 is 4.98 Å². The molecular weight excluding hydrogens is 184 g/mol. The number of hydrogen-bond acceptors (Lipinski definition) is 3. The summed E-state index contributed by atoms with van der Waals surface area (Å²) in [5, 5.41) is 0. The van der Waals surface area contributed by atoms with Crippen LogP contribution in [0.25, 0.3) is 0 Å². The van der Waals surface area contributed by atoms with E-state index in [1.807, 2.05) is 0 Å². The third-order valence-electron chi connectivity index (χ3n) is 2.30. The van der Waals surface area contributed by atoms with Crippen molar-refractivity contribution >= 4 is 5.78 Å². The van der Waals surface area contributed by atoms with E-state index in [2.05, 4.69) is 4.98 Å². The molecule has 0 aromatic carbocycles. The highest BCUT2D eigenvalue weighted by Gasteiger charge is 2.27. The zero-order valence-corrected chi connectivity index (χ0v) is 7.74. The number of aromatic nitrogens is 2. The third kappa shape index (κ3) is 1.30. The van der Waals surface area contributed by atoms with Crippen LogP contribution in [-0.2, 0) is 0 Å². The first-order valence-corrected chi connectivity index (χ1v) is 4.46. The Labute approximate surface area is 79.4 Å². The Hall–Kier alpha value is -1.65. The fourth-order valence-electron chi connectivity index (χ4n) is 1.40. The van der Waals surface area contributed by atoms with Crippen molar-refractivity contribution < 1.29 is 4.79 Å². The molecule has 1 aliphatic carbocycles. The SMILES string of the molecule is CC(=O)c1c[nH]c(=O)n(C2CC2)c1=O. The standard InChI is InChI=1S/C9H10N2O3/c1-5(12)7-4-10-9(14)11(8(7)13)6-2-3-6/h4,6H,2-3H2,1H3,(H,10,14). The lowest BCUT2D eigenvalue weighted by atomic mass is 10.2. The van der Waals surface area contributed by atoms with Gasteiger partial charge in [-0.05, 0) is 19.8 Å². The number of hydrogen-bond donors (Lipinski definition) is 1. The highest BCUT2D eigenvalue weighted by molar-refractivity contribution is 5.93. The van der Waals surface area contributed by atoms with Crippen molar-refractivity contribution in [3.05, 3.63) is 32.6 Å². The number of nitrogens with zero attached hydrogens (tertiary/aromatic N) is 1. The number of carbonyl (C=O) groups excluding carboxylic acids is 1. The molecule has 14 heavy (non-hydrogen) atoms. The van der Waals surface area contributed by atoms with Gasteiger partial charge >= 0.3 is 5.69 Å². The zero-order chi connectivity index (χ0) is 10.3. The summed E-state index contributed by atoms with van der Waals surface area (Å²) in [5.41, 5.74) is -0.845. The molecule has 1 fully saturated rings. The minimum atomic E-state index is -0.469. The molecular formula is C9H10N2O3. The van der Waals surface area contributed by atoms with Gasteiger partial charge in [0, 0.05) is 12.2 Å². The van der Waals surface area contributed by atoms with Crippen molar-refractivity contribution in [2.45, 2.75) is 25.8 Å². The van der Waals surface area contributed by atoms with Crippen LogP contribution in [0, 0.1) is 0 Å². The molecule has 0 radical (unpaired) electrons. The summed E-state index contributed by atoms with van der Waals surface area (Å²) < 4.78 is 1.14. The second kappa shape index (κ2) is 2.94. The van der Waals surface area contributed by atoms with Crippen LogP contribution in [0.5, 0.6) is 0 Å². The van der Waals surface area contributed by atoms with E-state index in [1.54, 1.807) is 0 Å². The number of aromatic amines is 1. The maximum atomic E-state index is 11.6. The van der Waals surface area contributed by atoms with Gasteiger partial charge in [0.05, 0.1) is 5.56 Å². The molecule has 1 aromatic heterocycles. The number of ketones is 1. The van der Waals surface area contributed by atoms with Gasteiger partial charge in [-0.3, -0.25) is 14.2 Å². The molecule has 1 saturated carbocycles. The van der Waals surface area contributed by atoms with Crippen molar-refractivity contribution in [2.24, 2.45) is 0 Å². The monoisotopic (exact) mass is 194 g/mol. The maximum Gasteiger partial charge on any atom is 0.328 e.